The van der Waals surface area contributed by atoms with E-state index in [2.05, 4.69) is 21.8 Å². The van der Waals surface area contributed by atoms with Crippen LogP contribution in [0.15, 0.2) is 52.8 Å². The number of thioether (sulfide) groups is 1. The lowest BCUT2D eigenvalue weighted by atomic mass is 9.93. The van der Waals surface area contributed by atoms with Crippen molar-refractivity contribution in [3.8, 4) is 0 Å². The van der Waals surface area contributed by atoms with E-state index in [0.29, 0.717) is 30.4 Å². The number of thiophene rings is 1. The smallest absolute Gasteiger partial charge is 0.257 e. The van der Waals surface area contributed by atoms with Gasteiger partial charge in [0.15, 0.2) is 11.1 Å². The molecule has 1 amide bonds. The molecule has 2 aliphatic heterocycles. The van der Waals surface area contributed by atoms with E-state index in [4.69, 9.17) is 11.1 Å². The Balaban J connectivity index is 0.00000210. The molecule has 2 atom stereocenters. The molecular weight excluding hydrogens is 402 g/mol. The topological polar surface area (TPSA) is 94.6 Å². The molecule has 1 saturated heterocycles. The number of nitrogens with zero attached hydrogens (tertiary/aromatic N) is 2. The molecule has 1 aromatic carbocycles. The van der Waals surface area contributed by atoms with E-state index >= 15 is 0 Å². The van der Waals surface area contributed by atoms with Crippen molar-refractivity contribution in [2.24, 2.45) is 16.6 Å². The first-order chi connectivity index (χ1) is 12.6. The van der Waals surface area contributed by atoms with Crippen LogP contribution in [0.1, 0.15) is 15.2 Å². The number of carbonyl (C=O) groups excluding carboxylic acids is 1. The summed E-state index contributed by atoms with van der Waals surface area (Å²) in [5.74, 6) is 0.191. The Kier molecular flexibility index (Phi) is 5.78. The Morgan fingerprint density at radius 1 is 1.30 bits per heavy atom. The summed E-state index contributed by atoms with van der Waals surface area (Å²) in [5.41, 5.74) is 6.36. The molecule has 0 bridgehead atoms. The fourth-order valence-corrected chi connectivity index (χ4v) is 5.96. The molecule has 4 rings (SSSR count). The lowest BCUT2D eigenvalue weighted by Gasteiger charge is -2.35. The van der Waals surface area contributed by atoms with Crippen LogP contribution in [0.5, 0.6) is 0 Å². The minimum Gasteiger partial charge on any atom is -0.370 e. The van der Waals surface area contributed by atoms with Crippen LogP contribution in [0.25, 0.3) is 0 Å². The molecule has 3 heterocycles. The van der Waals surface area contributed by atoms with E-state index in [1.807, 2.05) is 29.2 Å². The molecule has 1 fully saturated rings. The highest BCUT2D eigenvalue weighted by Crippen LogP contribution is 2.52. The van der Waals surface area contributed by atoms with E-state index in [1.165, 1.54) is 4.88 Å². The summed E-state index contributed by atoms with van der Waals surface area (Å²) in [5, 5.41) is 13.5. The van der Waals surface area contributed by atoms with E-state index in [1.54, 1.807) is 35.2 Å². The van der Waals surface area contributed by atoms with Crippen molar-refractivity contribution >= 4 is 52.5 Å². The number of hydrogen-bond donors (Lipinski definition) is 3. The number of nitrogens with one attached hydrogen (secondary N) is 2. The van der Waals surface area contributed by atoms with Crippen molar-refractivity contribution in [2.75, 3.05) is 19.6 Å². The zero-order chi connectivity index (χ0) is 18.1. The third-order valence-corrected chi connectivity index (χ3v) is 7.44. The zero-order valence-electron chi connectivity index (χ0n) is 14.4. The van der Waals surface area contributed by atoms with E-state index < -0.39 is 0 Å². The highest BCUT2D eigenvalue weighted by molar-refractivity contribution is 8.14. The lowest BCUT2D eigenvalue weighted by molar-refractivity contribution is 0.0977. The van der Waals surface area contributed by atoms with Crippen molar-refractivity contribution in [3.63, 3.8) is 0 Å². The van der Waals surface area contributed by atoms with Gasteiger partial charge in [0, 0.05) is 36.0 Å². The lowest BCUT2D eigenvalue weighted by Crippen LogP contribution is -2.42. The number of aliphatic imine (C=N–C) groups is 1. The number of hydrogen-bond acceptors (Lipinski definition) is 5. The van der Waals surface area contributed by atoms with Crippen LogP contribution in [0.3, 0.4) is 0 Å². The third-order valence-electron chi connectivity index (χ3n) is 4.80. The Morgan fingerprint density at radius 3 is 2.74 bits per heavy atom. The van der Waals surface area contributed by atoms with Gasteiger partial charge in [-0.1, -0.05) is 36.0 Å². The van der Waals surface area contributed by atoms with Crippen LogP contribution in [0.4, 0.5) is 0 Å². The standard InChI is InChI=1S/C18H19N5OS2.ClH/c19-16(20)23-10-13-9-21-17(22-15(24)12-5-2-1-3-6-12)26-18(13,11-23)14-7-4-8-25-14;/h1-8,13H,9-11H2,(H3,19,20)(H,21,22,24);1H/t13-,18-;/m0./s1. The number of rotatable bonds is 2. The van der Waals surface area contributed by atoms with Gasteiger partial charge in [-0.2, -0.15) is 0 Å². The van der Waals surface area contributed by atoms with Gasteiger partial charge in [-0.3, -0.25) is 15.2 Å². The van der Waals surface area contributed by atoms with Crippen molar-refractivity contribution in [3.05, 3.63) is 58.3 Å². The molecule has 2 aromatic rings. The van der Waals surface area contributed by atoms with Crippen LogP contribution >= 0.6 is 35.5 Å². The summed E-state index contributed by atoms with van der Waals surface area (Å²) >= 11 is 3.29. The normalized spacial score (nSPS) is 23.8. The van der Waals surface area contributed by atoms with Gasteiger partial charge in [0.05, 0.1) is 4.75 Å². The molecule has 4 N–H and O–H groups in total. The average molecular weight is 422 g/mol. The summed E-state index contributed by atoms with van der Waals surface area (Å²) in [6.07, 6.45) is 0. The number of fused-ring (bicyclic) bond motifs is 1. The third kappa shape index (κ3) is 3.69. The van der Waals surface area contributed by atoms with Crippen molar-refractivity contribution in [1.82, 2.24) is 10.2 Å². The fraction of sp³-hybridized carbons (Fsp3) is 0.278. The van der Waals surface area contributed by atoms with E-state index in [9.17, 15) is 4.79 Å². The quantitative estimate of drug-likeness (QED) is 0.513. The van der Waals surface area contributed by atoms with Crippen LogP contribution in [0.2, 0.25) is 0 Å². The summed E-state index contributed by atoms with van der Waals surface area (Å²) < 4.78 is -0.235. The van der Waals surface area contributed by atoms with Gasteiger partial charge in [0.2, 0.25) is 0 Å². The minimum absolute atomic E-state index is 0. The largest absolute Gasteiger partial charge is 0.370 e. The molecule has 2 aliphatic rings. The number of nitrogens with two attached hydrogens (primary N) is 1. The molecule has 27 heavy (non-hydrogen) atoms. The molecule has 0 saturated carbocycles. The second-order valence-corrected chi connectivity index (χ2v) is 8.66. The SMILES string of the molecule is Cl.N=C(N)N1C[C@@H]2CN=C(NC(=O)c3ccccc3)S[C@@]2(c2cccs2)C1. The maximum Gasteiger partial charge on any atom is 0.257 e. The minimum atomic E-state index is -0.235. The molecule has 0 radical (unpaired) electrons. The van der Waals surface area contributed by atoms with Crippen molar-refractivity contribution in [2.45, 2.75) is 4.75 Å². The molecule has 9 heteroatoms. The average Bonchev–Trinajstić information content (AvgIpc) is 3.30. The molecular formula is C18H20ClN5OS2. The summed E-state index contributed by atoms with van der Waals surface area (Å²) in [6.45, 7) is 1.97. The van der Waals surface area contributed by atoms with Crippen LogP contribution in [0, 0.1) is 11.3 Å². The predicted molar refractivity (Wildman–Crippen MR) is 114 cm³/mol. The Labute approximate surface area is 172 Å². The highest BCUT2D eigenvalue weighted by atomic mass is 35.5. The van der Waals surface area contributed by atoms with Gasteiger partial charge >= 0.3 is 0 Å². The number of guanidine groups is 1. The van der Waals surface area contributed by atoms with Crippen molar-refractivity contribution < 1.29 is 4.79 Å². The molecule has 0 unspecified atom stereocenters. The Morgan fingerprint density at radius 2 is 2.07 bits per heavy atom. The van der Waals surface area contributed by atoms with Crippen LogP contribution < -0.4 is 11.1 Å². The summed E-state index contributed by atoms with van der Waals surface area (Å²) in [4.78, 5) is 20.2. The second kappa shape index (κ2) is 7.92. The first-order valence-electron chi connectivity index (χ1n) is 8.31. The summed E-state index contributed by atoms with van der Waals surface area (Å²) in [7, 11) is 0. The molecule has 0 aliphatic carbocycles. The Bertz CT molecular complexity index is 858. The monoisotopic (exact) mass is 421 g/mol. The fourth-order valence-electron chi connectivity index (χ4n) is 3.47. The van der Waals surface area contributed by atoms with Gasteiger partial charge in [0.1, 0.15) is 0 Å². The summed E-state index contributed by atoms with van der Waals surface area (Å²) in [6, 6.07) is 13.3. The number of amides is 1. The van der Waals surface area contributed by atoms with E-state index in [0.717, 1.165) is 0 Å². The Hall–Kier alpha value is -2.03. The molecule has 142 valence electrons. The van der Waals surface area contributed by atoms with Gasteiger partial charge in [-0.05, 0) is 23.6 Å². The van der Waals surface area contributed by atoms with Gasteiger partial charge < -0.3 is 16.0 Å². The maximum absolute atomic E-state index is 12.5. The molecule has 6 nitrogen and oxygen atoms in total. The van der Waals surface area contributed by atoms with Gasteiger partial charge in [0.25, 0.3) is 5.91 Å². The highest BCUT2D eigenvalue weighted by Gasteiger charge is 2.52. The van der Waals surface area contributed by atoms with Gasteiger partial charge in [-0.25, -0.2) is 0 Å². The van der Waals surface area contributed by atoms with E-state index in [-0.39, 0.29) is 34.9 Å². The molecule has 1 aromatic heterocycles. The number of amidine groups is 1. The maximum atomic E-state index is 12.5. The van der Waals surface area contributed by atoms with Crippen molar-refractivity contribution in [1.29, 1.82) is 5.41 Å². The number of halogens is 1. The number of benzene rings is 1. The van der Waals surface area contributed by atoms with Crippen LogP contribution in [-0.4, -0.2) is 41.6 Å². The predicted octanol–water partition coefficient (Wildman–Crippen LogP) is 2.72. The second-order valence-electron chi connectivity index (χ2n) is 6.40. The number of likely N-dealkylation sites (tertiary alicyclic amines) is 1. The van der Waals surface area contributed by atoms with Crippen LogP contribution in [-0.2, 0) is 4.75 Å². The van der Waals surface area contributed by atoms with Gasteiger partial charge in [-0.15, -0.1) is 23.7 Å². The zero-order valence-corrected chi connectivity index (χ0v) is 16.9. The first-order valence-corrected chi connectivity index (χ1v) is 10.0. The molecule has 0 spiro atoms. The number of carbonyl (C=O) groups is 1. The first kappa shape index (κ1) is 19.7.